The summed E-state index contributed by atoms with van der Waals surface area (Å²) in [5.41, 5.74) is 0. The van der Waals surface area contributed by atoms with Gasteiger partial charge in [0.15, 0.2) is 0 Å². The number of hydrogen-bond acceptors (Lipinski definition) is 3. The molecule has 1 aliphatic heterocycles. The third-order valence-electron chi connectivity index (χ3n) is 2.53. The lowest BCUT2D eigenvalue weighted by Gasteiger charge is -2.07. The van der Waals surface area contributed by atoms with E-state index in [2.05, 4.69) is 21.7 Å². The topological polar surface area (TPSA) is 39.9 Å². The first-order chi connectivity index (χ1) is 6.40. The molecule has 0 N–H and O–H groups in total. The molecule has 1 aliphatic rings. The molecule has 0 bridgehead atoms. The van der Waals surface area contributed by atoms with Crippen LogP contribution in [0.5, 0.6) is 0 Å². The molecule has 0 radical (unpaired) electrons. The maximum atomic E-state index is 5.32. The molecule has 0 saturated carbocycles. The monoisotopic (exact) mass is 181 g/mol. The van der Waals surface area contributed by atoms with Crippen LogP contribution in [0.25, 0.3) is 0 Å². The zero-order valence-corrected chi connectivity index (χ0v) is 7.94. The van der Waals surface area contributed by atoms with Crippen LogP contribution in [0.3, 0.4) is 0 Å². The third kappa shape index (κ3) is 1.88. The van der Waals surface area contributed by atoms with E-state index in [0.717, 1.165) is 38.4 Å². The van der Waals surface area contributed by atoms with Crippen LogP contribution in [0.15, 0.2) is 6.33 Å². The van der Waals surface area contributed by atoms with Crippen LogP contribution < -0.4 is 0 Å². The predicted molar refractivity (Wildman–Crippen MR) is 48.3 cm³/mol. The molecule has 1 fully saturated rings. The lowest BCUT2D eigenvalue weighted by molar-refractivity contribution is 0.185. The van der Waals surface area contributed by atoms with Crippen molar-refractivity contribution in [2.45, 2.75) is 26.3 Å². The highest BCUT2D eigenvalue weighted by Gasteiger charge is 2.18. The molecule has 4 nitrogen and oxygen atoms in total. The molecule has 0 spiro atoms. The van der Waals surface area contributed by atoms with E-state index in [1.54, 1.807) is 6.33 Å². The zero-order valence-electron chi connectivity index (χ0n) is 7.94. The van der Waals surface area contributed by atoms with E-state index < -0.39 is 0 Å². The highest BCUT2D eigenvalue weighted by molar-refractivity contribution is 4.88. The first-order valence-electron chi connectivity index (χ1n) is 4.84. The van der Waals surface area contributed by atoms with E-state index in [1.807, 2.05) is 0 Å². The van der Waals surface area contributed by atoms with Gasteiger partial charge in [-0.05, 0) is 19.3 Å². The highest BCUT2D eigenvalue weighted by Crippen LogP contribution is 2.16. The summed E-state index contributed by atoms with van der Waals surface area (Å²) in [6, 6.07) is 0. The Morgan fingerprint density at radius 3 is 3.31 bits per heavy atom. The molecule has 72 valence electrons. The number of hydrogen-bond donors (Lipinski definition) is 0. The van der Waals surface area contributed by atoms with Gasteiger partial charge in [-0.1, -0.05) is 0 Å². The van der Waals surface area contributed by atoms with Gasteiger partial charge in [0.1, 0.15) is 12.2 Å². The second kappa shape index (κ2) is 3.87. The number of nitrogens with zero attached hydrogens (tertiary/aromatic N) is 3. The van der Waals surface area contributed by atoms with Gasteiger partial charge in [-0.3, -0.25) is 0 Å². The number of ether oxygens (including phenoxy) is 1. The van der Waals surface area contributed by atoms with Crippen LogP contribution in [-0.4, -0.2) is 28.0 Å². The lowest BCUT2D eigenvalue weighted by Crippen LogP contribution is -2.09. The van der Waals surface area contributed by atoms with E-state index >= 15 is 0 Å². The predicted octanol–water partition coefficient (Wildman–Crippen LogP) is 0.877. The minimum atomic E-state index is 0.648. The number of aromatic nitrogens is 3. The maximum absolute atomic E-state index is 5.32. The van der Waals surface area contributed by atoms with Crippen LogP contribution >= 0.6 is 0 Å². The minimum Gasteiger partial charge on any atom is -0.381 e. The van der Waals surface area contributed by atoms with Crippen LogP contribution in [0.1, 0.15) is 19.2 Å². The molecule has 0 amide bonds. The second-order valence-electron chi connectivity index (χ2n) is 3.47. The largest absolute Gasteiger partial charge is 0.381 e. The molecule has 0 aliphatic carbocycles. The fourth-order valence-corrected chi connectivity index (χ4v) is 1.70. The van der Waals surface area contributed by atoms with E-state index in [4.69, 9.17) is 4.74 Å². The van der Waals surface area contributed by atoms with Crippen LogP contribution in [-0.2, 0) is 17.7 Å². The van der Waals surface area contributed by atoms with E-state index in [-0.39, 0.29) is 0 Å². The fraction of sp³-hybridized carbons (Fsp3) is 0.778. The SMILES string of the molecule is CCn1cnnc1CC1CCOC1. The molecule has 1 saturated heterocycles. The van der Waals surface area contributed by atoms with Gasteiger partial charge in [-0.2, -0.15) is 0 Å². The quantitative estimate of drug-likeness (QED) is 0.695. The van der Waals surface area contributed by atoms with Crippen molar-refractivity contribution in [3.63, 3.8) is 0 Å². The lowest BCUT2D eigenvalue weighted by atomic mass is 10.1. The van der Waals surface area contributed by atoms with Gasteiger partial charge in [0.25, 0.3) is 0 Å². The van der Waals surface area contributed by atoms with Crippen molar-refractivity contribution in [1.29, 1.82) is 0 Å². The summed E-state index contributed by atoms with van der Waals surface area (Å²) in [5, 5.41) is 8.02. The minimum absolute atomic E-state index is 0.648. The van der Waals surface area contributed by atoms with Crippen molar-refractivity contribution in [2.24, 2.45) is 5.92 Å². The molecule has 2 rings (SSSR count). The zero-order chi connectivity index (χ0) is 9.10. The van der Waals surface area contributed by atoms with E-state index in [0.29, 0.717) is 5.92 Å². The van der Waals surface area contributed by atoms with Crippen LogP contribution in [0, 0.1) is 5.92 Å². The Bertz CT molecular complexity index is 266. The maximum Gasteiger partial charge on any atom is 0.133 e. The highest BCUT2D eigenvalue weighted by atomic mass is 16.5. The van der Waals surface area contributed by atoms with Gasteiger partial charge in [-0.25, -0.2) is 0 Å². The molecule has 0 aromatic carbocycles. The normalized spacial score (nSPS) is 22.4. The Morgan fingerprint density at radius 1 is 1.69 bits per heavy atom. The molecular formula is C9H15N3O. The molecule has 4 heteroatoms. The van der Waals surface area contributed by atoms with E-state index in [1.165, 1.54) is 0 Å². The average Bonchev–Trinajstić information content (AvgIpc) is 2.76. The third-order valence-corrected chi connectivity index (χ3v) is 2.53. The summed E-state index contributed by atoms with van der Waals surface area (Å²) in [5.74, 6) is 1.74. The molecule has 13 heavy (non-hydrogen) atoms. The summed E-state index contributed by atoms with van der Waals surface area (Å²) in [4.78, 5) is 0. The van der Waals surface area contributed by atoms with Gasteiger partial charge in [0, 0.05) is 26.2 Å². The molecule has 1 atom stereocenters. The molecule has 2 heterocycles. The van der Waals surface area contributed by atoms with Gasteiger partial charge < -0.3 is 9.30 Å². The van der Waals surface area contributed by atoms with Crippen molar-refractivity contribution < 1.29 is 4.74 Å². The Labute approximate surface area is 77.9 Å². The molecule has 1 unspecified atom stereocenters. The average molecular weight is 181 g/mol. The summed E-state index contributed by atoms with van der Waals surface area (Å²) in [6.45, 7) is 4.86. The Hall–Kier alpha value is -0.900. The summed E-state index contributed by atoms with van der Waals surface area (Å²) in [7, 11) is 0. The summed E-state index contributed by atoms with van der Waals surface area (Å²) < 4.78 is 7.42. The van der Waals surface area contributed by atoms with Crippen molar-refractivity contribution in [3.8, 4) is 0 Å². The molecule has 1 aromatic heterocycles. The Kier molecular flexibility index (Phi) is 2.59. The van der Waals surface area contributed by atoms with E-state index in [9.17, 15) is 0 Å². The Morgan fingerprint density at radius 2 is 2.62 bits per heavy atom. The van der Waals surface area contributed by atoms with Crippen LogP contribution in [0.2, 0.25) is 0 Å². The van der Waals surface area contributed by atoms with Gasteiger partial charge in [0.05, 0.1) is 0 Å². The van der Waals surface area contributed by atoms with Crippen molar-refractivity contribution in [3.05, 3.63) is 12.2 Å². The van der Waals surface area contributed by atoms with Crippen molar-refractivity contribution in [1.82, 2.24) is 14.8 Å². The summed E-state index contributed by atoms with van der Waals surface area (Å²) >= 11 is 0. The van der Waals surface area contributed by atoms with Crippen molar-refractivity contribution >= 4 is 0 Å². The molecule has 1 aromatic rings. The Balaban J connectivity index is 1.99. The number of rotatable bonds is 3. The van der Waals surface area contributed by atoms with Gasteiger partial charge in [0.2, 0.25) is 0 Å². The fourth-order valence-electron chi connectivity index (χ4n) is 1.70. The number of aryl methyl sites for hydroxylation is 1. The smallest absolute Gasteiger partial charge is 0.133 e. The van der Waals surface area contributed by atoms with Gasteiger partial charge >= 0.3 is 0 Å². The van der Waals surface area contributed by atoms with Gasteiger partial charge in [-0.15, -0.1) is 10.2 Å². The standard InChI is InChI=1S/C9H15N3O/c1-2-12-7-10-11-9(12)5-8-3-4-13-6-8/h7-8H,2-6H2,1H3. The summed E-state index contributed by atoms with van der Waals surface area (Å²) in [6.07, 6.45) is 3.97. The first kappa shape index (κ1) is 8.69. The first-order valence-corrected chi connectivity index (χ1v) is 4.84. The van der Waals surface area contributed by atoms with Crippen LogP contribution in [0.4, 0.5) is 0 Å². The molecular weight excluding hydrogens is 166 g/mol. The van der Waals surface area contributed by atoms with Crippen molar-refractivity contribution in [2.75, 3.05) is 13.2 Å². The second-order valence-corrected chi connectivity index (χ2v) is 3.47.